The molecule has 0 bridgehead atoms. The minimum absolute atomic E-state index is 0.000584. The molecule has 226 valence electrons. The third-order valence-corrected chi connectivity index (χ3v) is 7.97. The van der Waals surface area contributed by atoms with E-state index in [1.807, 2.05) is 42.7 Å². The van der Waals surface area contributed by atoms with Crippen molar-refractivity contribution in [1.29, 1.82) is 0 Å². The minimum atomic E-state index is -4.70. The van der Waals surface area contributed by atoms with Gasteiger partial charge in [0.2, 0.25) is 0 Å². The molecule has 1 amide bonds. The number of rotatable bonds is 8. The monoisotopic (exact) mass is 594 g/mol. The van der Waals surface area contributed by atoms with Crippen LogP contribution in [0.3, 0.4) is 0 Å². The predicted octanol–water partition coefficient (Wildman–Crippen LogP) is 6.17. The van der Waals surface area contributed by atoms with Crippen LogP contribution in [-0.4, -0.2) is 60.5 Å². The van der Waals surface area contributed by atoms with Gasteiger partial charge in [0.1, 0.15) is 23.2 Å². The average Bonchev–Trinajstić information content (AvgIpc) is 3.43. The van der Waals surface area contributed by atoms with Crippen molar-refractivity contribution in [2.45, 2.75) is 50.7 Å². The van der Waals surface area contributed by atoms with Gasteiger partial charge in [0, 0.05) is 75.1 Å². The number of nitrogens with zero attached hydrogens (tertiary/aromatic N) is 3. The first-order valence-electron chi connectivity index (χ1n) is 14.5. The molecule has 0 unspecified atom stereocenters. The molecule has 4 aromatic rings. The molecule has 11 heteroatoms. The van der Waals surface area contributed by atoms with Gasteiger partial charge in [-0.25, -0.2) is 0 Å². The summed E-state index contributed by atoms with van der Waals surface area (Å²) in [4.78, 5) is 21.5. The van der Waals surface area contributed by atoms with Crippen LogP contribution in [0.4, 0.5) is 18.9 Å². The Morgan fingerprint density at radius 3 is 2.30 bits per heavy atom. The number of hydrogen-bond acceptors (Lipinski definition) is 7. The summed E-state index contributed by atoms with van der Waals surface area (Å²) >= 11 is 0. The number of furan rings is 1. The van der Waals surface area contributed by atoms with Crippen LogP contribution in [-0.2, 0) is 6.54 Å². The van der Waals surface area contributed by atoms with Crippen LogP contribution in [0.25, 0.3) is 11.0 Å². The van der Waals surface area contributed by atoms with E-state index in [1.165, 1.54) is 17.7 Å². The maximum Gasteiger partial charge on any atom is 0.573 e. The zero-order valence-electron chi connectivity index (χ0n) is 23.6. The van der Waals surface area contributed by atoms with E-state index in [0.29, 0.717) is 24.4 Å². The first-order chi connectivity index (χ1) is 20.8. The highest BCUT2D eigenvalue weighted by molar-refractivity contribution is 5.96. The minimum Gasteiger partial charge on any atom is -0.490 e. The number of carbonyl (C=O) groups excluding carboxylic acids is 1. The number of halogens is 3. The summed E-state index contributed by atoms with van der Waals surface area (Å²) < 4.78 is 53.3. The number of pyridine rings is 1. The van der Waals surface area contributed by atoms with Gasteiger partial charge in [0.05, 0.1) is 0 Å². The number of alkyl halides is 3. The van der Waals surface area contributed by atoms with Crippen LogP contribution in [0.5, 0.6) is 11.5 Å². The van der Waals surface area contributed by atoms with Crippen LogP contribution in [0.1, 0.15) is 41.8 Å². The highest BCUT2D eigenvalue weighted by Crippen LogP contribution is 2.30. The van der Waals surface area contributed by atoms with E-state index < -0.39 is 6.36 Å². The molecule has 0 radical (unpaired) electrons. The lowest BCUT2D eigenvalue weighted by molar-refractivity contribution is -0.274. The number of fused-ring (bicyclic) bond motifs is 1. The van der Waals surface area contributed by atoms with Crippen molar-refractivity contribution >= 4 is 22.6 Å². The molecule has 2 fully saturated rings. The Labute approximate surface area is 247 Å². The van der Waals surface area contributed by atoms with Gasteiger partial charge in [-0.2, -0.15) is 0 Å². The second kappa shape index (κ2) is 12.5. The number of anilines is 1. The van der Waals surface area contributed by atoms with Crippen LogP contribution in [0.15, 0.2) is 77.5 Å². The lowest BCUT2D eigenvalue weighted by atomic mass is 10.0. The summed E-state index contributed by atoms with van der Waals surface area (Å²) in [6.45, 7) is 4.14. The molecule has 2 saturated heterocycles. The van der Waals surface area contributed by atoms with E-state index in [0.717, 1.165) is 56.4 Å². The SMILES string of the molecule is O=C(NC1CCN(Cc2ccncc2)CC1)c1cc2cc(OC3CCN(c4ccc(OC(F)(F)F)cc4)CC3)ccc2o1. The highest BCUT2D eigenvalue weighted by Gasteiger charge is 2.31. The summed E-state index contributed by atoms with van der Waals surface area (Å²) in [5, 5.41) is 3.93. The molecule has 1 N–H and O–H groups in total. The van der Waals surface area contributed by atoms with Crippen molar-refractivity contribution in [3.05, 3.63) is 84.4 Å². The third-order valence-electron chi connectivity index (χ3n) is 7.97. The molecule has 6 rings (SSSR count). The maximum atomic E-state index is 13.0. The number of amides is 1. The van der Waals surface area contributed by atoms with Gasteiger partial charge in [-0.15, -0.1) is 13.2 Å². The third kappa shape index (κ3) is 7.59. The summed E-state index contributed by atoms with van der Waals surface area (Å²) in [5.41, 5.74) is 2.70. The fourth-order valence-electron chi connectivity index (χ4n) is 5.73. The van der Waals surface area contributed by atoms with Crippen LogP contribution in [0.2, 0.25) is 0 Å². The van der Waals surface area contributed by atoms with Crippen LogP contribution < -0.4 is 19.7 Å². The Morgan fingerprint density at radius 2 is 1.60 bits per heavy atom. The van der Waals surface area contributed by atoms with Gasteiger partial charge in [0.25, 0.3) is 5.91 Å². The average molecular weight is 595 g/mol. The Hall–Kier alpha value is -4.25. The molecule has 0 aliphatic carbocycles. The normalized spacial score (nSPS) is 17.2. The Bertz CT molecular complexity index is 1510. The van der Waals surface area contributed by atoms with Gasteiger partial charge in [-0.1, -0.05) is 0 Å². The molecule has 2 aliphatic rings. The number of aromatic nitrogens is 1. The lowest BCUT2D eigenvalue weighted by Crippen LogP contribution is -2.44. The summed E-state index contributed by atoms with van der Waals surface area (Å²) in [6, 6.07) is 17.4. The number of carbonyl (C=O) groups is 1. The van der Waals surface area contributed by atoms with Crippen molar-refractivity contribution in [3.8, 4) is 11.5 Å². The molecule has 4 heterocycles. The Morgan fingerprint density at radius 1 is 0.907 bits per heavy atom. The van der Waals surface area contributed by atoms with E-state index in [1.54, 1.807) is 18.2 Å². The largest absolute Gasteiger partial charge is 0.573 e. The molecule has 2 aromatic heterocycles. The van der Waals surface area contributed by atoms with E-state index >= 15 is 0 Å². The number of piperidine rings is 2. The number of likely N-dealkylation sites (tertiary alicyclic amines) is 1. The molecule has 0 saturated carbocycles. The van der Waals surface area contributed by atoms with E-state index in [-0.39, 0.29) is 29.6 Å². The smallest absolute Gasteiger partial charge is 0.490 e. The van der Waals surface area contributed by atoms with E-state index in [4.69, 9.17) is 9.15 Å². The van der Waals surface area contributed by atoms with Crippen molar-refractivity contribution in [2.75, 3.05) is 31.1 Å². The van der Waals surface area contributed by atoms with Crippen LogP contribution >= 0.6 is 0 Å². The Balaban J connectivity index is 0.978. The standard InChI is InChI=1S/C32H33F3N4O4/c33-32(34,35)43-27-3-1-25(2-4-27)39-17-11-26(12-18-39)41-28-5-6-29-23(19-28)20-30(42-29)31(40)37-24-9-15-38(16-10-24)21-22-7-13-36-14-8-22/h1-8,13-14,19-20,24,26H,9-12,15-18,21H2,(H,37,40). The predicted molar refractivity (Wildman–Crippen MR) is 155 cm³/mol. The van der Waals surface area contributed by atoms with Gasteiger partial charge in [-0.05, 0) is 79.1 Å². The summed E-state index contributed by atoms with van der Waals surface area (Å²) in [7, 11) is 0. The molecule has 2 aliphatic heterocycles. The molecule has 8 nitrogen and oxygen atoms in total. The fraction of sp³-hybridized carbons (Fsp3) is 0.375. The number of ether oxygens (including phenoxy) is 2. The van der Waals surface area contributed by atoms with E-state index in [2.05, 4.69) is 24.8 Å². The van der Waals surface area contributed by atoms with Crippen molar-refractivity contribution in [2.24, 2.45) is 0 Å². The van der Waals surface area contributed by atoms with Crippen molar-refractivity contribution in [3.63, 3.8) is 0 Å². The summed E-state index contributed by atoms with van der Waals surface area (Å²) in [6.07, 6.45) is 2.20. The van der Waals surface area contributed by atoms with Crippen molar-refractivity contribution in [1.82, 2.24) is 15.2 Å². The second-order valence-corrected chi connectivity index (χ2v) is 11.0. The molecule has 0 spiro atoms. The zero-order chi connectivity index (χ0) is 29.8. The summed E-state index contributed by atoms with van der Waals surface area (Å²) in [5.74, 6) is 0.541. The number of hydrogen-bond donors (Lipinski definition) is 1. The second-order valence-electron chi connectivity index (χ2n) is 11.0. The molecule has 2 aromatic carbocycles. The van der Waals surface area contributed by atoms with E-state index in [9.17, 15) is 18.0 Å². The van der Waals surface area contributed by atoms with Gasteiger partial charge >= 0.3 is 6.36 Å². The first kappa shape index (κ1) is 28.9. The topological polar surface area (TPSA) is 80.1 Å². The van der Waals surface area contributed by atoms with Gasteiger partial charge in [-0.3, -0.25) is 14.7 Å². The number of nitrogens with one attached hydrogen (secondary N) is 1. The quantitative estimate of drug-likeness (QED) is 0.261. The van der Waals surface area contributed by atoms with Gasteiger partial charge < -0.3 is 24.1 Å². The lowest BCUT2D eigenvalue weighted by Gasteiger charge is -2.33. The molecule has 0 atom stereocenters. The molecular weight excluding hydrogens is 561 g/mol. The first-order valence-corrected chi connectivity index (χ1v) is 14.5. The number of benzene rings is 2. The van der Waals surface area contributed by atoms with Crippen LogP contribution in [0, 0.1) is 0 Å². The zero-order valence-corrected chi connectivity index (χ0v) is 23.6. The Kier molecular flexibility index (Phi) is 8.42. The fourth-order valence-corrected chi connectivity index (χ4v) is 5.73. The van der Waals surface area contributed by atoms with Gasteiger partial charge in [0.15, 0.2) is 5.76 Å². The maximum absolute atomic E-state index is 13.0. The molecular formula is C32H33F3N4O4. The highest BCUT2D eigenvalue weighted by atomic mass is 19.4. The van der Waals surface area contributed by atoms with Crippen molar-refractivity contribution < 1.29 is 31.9 Å². The molecule has 43 heavy (non-hydrogen) atoms.